The first kappa shape index (κ1) is 15.2. The van der Waals surface area contributed by atoms with E-state index in [0.717, 1.165) is 0 Å². The summed E-state index contributed by atoms with van der Waals surface area (Å²) >= 11 is 5.70. The van der Waals surface area contributed by atoms with Crippen LogP contribution in [0.3, 0.4) is 0 Å². The third kappa shape index (κ3) is 3.57. The maximum atomic E-state index is 11.2. The molecule has 1 aromatic rings. The molecule has 2 N–H and O–H groups in total. The summed E-state index contributed by atoms with van der Waals surface area (Å²) in [6.45, 7) is 3.44. The zero-order valence-electron chi connectivity index (χ0n) is 10.6. The third-order valence-electron chi connectivity index (χ3n) is 3.12. The number of rotatable bonds is 6. The fourth-order valence-electron chi connectivity index (χ4n) is 1.45. The van der Waals surface area contributed by atoms with Crippen LogP contribution in [0.5, 0.6) is 0 Å². The summed E-state index contributed by atoms with van der Waals surface area (Å²) in [5, 5.41) is 23.1. The predicted molar refractivity (Wildman–Crippen MR) is 72.6 cm³/mol. The third-order valence-corrected chi connectivity index (χ3v) is 3.36. The van der Waals surface area contributed by atoms with Crippen molar-refractivity contribution in [2.75, 3.05) is 11.9 Å². The highest BCUT2D eigenvalue weighted by Gasteiger charge is 2.31. The summed E-state index contributed by atoms with van der Waals surface area (Å²) in [5.41, 5.74) is -0.889. The smallest absolute Gasteiger partial charge is 0.311 e. The van der Waals surface area contributed by atoms with Crippen LogP contribution in [0.15, 0.2) is 18.2 Å². The number of hydrogen-bond donors (Lipinski definition) is 2. The molecule has 0 amide bonds. The zero-order chi connectivity index (χ0) is 14.6. The van der Waals surface area contributed by atoms with E-state index in [1.807, 2.05) is 0 Å². The van der Waals surface area contributed by atoms with Crippen LogP contribution in [-0.2, 0) is 4.79 Å². The van der Waals surface area contributed by atoms with Gasteiger partial charge in [-0.05, 0) is 25.5 Å². The van der Waals surface area contributed by atoms with Crippen molar-refractivity contribution in [2.24, 2.45) is 5.41 Å². The lowest BCUT2D eigenvalue weighted by atomic mass is 9.87. The quantitative estimate of drug-likeness (QED) is 0.619. The van der Waals surface area contributed by atoms with E-state index >= 15 is 0 Å². The Morgan fingerprint density at radius 1 is 1.58 bits per heavy atom. The average molecular weight is 287 g/mol. The van der Waals surface area contributed by atoms with Gasteiger partial charge in [0, 0.05) is 17.6 Å². The maximum Gasteiger partial charge on any atom is 0.311 e. The number of nitrogens with one attached hydrogen (secondary N) is 1. The van der Waals surface area contributed by atoms with Gasteiger partial charge < -0.3 is 10.4 Å². The first-order valence-electron chi connectivity index (χ1n) is 5.71. The van der Waals surface area contributed by atoms with Gasteiger partial charge in [0.05, 0.1) is 10.3 Å². The van der Waals surface area contributed by atoms with Gasteiger partial charge in [-0.1, -0.05) is 18.5 Å². The van der Waals surface area contributed by atoms with Crippen molar-refractivity contribution >= 4 is 28.9 Å². The first-order valence-corrected chi connectivity index (χ1v) is 6.09. The van der Waals surface area contributed by atoms with E-state index in [1.165, 1.54) is 18.2 Å². The second kappa shape index (κ2) is 5.88. The number of nitrogens with zero attached hydrogens (tertiary/aromatic N) is 1. The maximum absolute atomic E-state index is 11.2. The highest BCUT2D eigenvalue weighted by Crippen LogP contribution is 2.29. The molecule has 0 aromatic heterocycles. The minimum absolute atomic E-state index is 0.0985. The summed E-state index contributed by atoms with van der Waals surface area (Å²) < 4.78 is 0. The molecule has 0 saturated heterocycles. The molecule has 1 atom stereocenters. The molecule has 1 rings (SSSR count). The fourth-order valence-corrected chi connectivity index (χ4v) is 1.61. The Morgan fingerprint density at radius 3 is 2.68 bits per heavy atom. The Bertz CT molecular complexity index is 507. The van der Waals surface area contributed by atoms with Crippen LogP contribution >= 0.6 is 11.6 Å². The largest absolute Gasteiger partial charge is 0.481 e. The summed E-state index contributed by atoms with van der Waals surface area (Å²) in [6, 6.07) is 4.22. The van der Waals surface area contributed by atoms with Crippen LogP contribution in [0.25, 0.3) is 0 Å². The SMILES string of the molecule is CCC(C)(CNc1ccc(Cl)cc1[N+](=O)[O-])C(=O)O. The highest BCUT2D eigenvalue weighted by molar-refractivity contribution is 6.30. The lowest BCUT2D eigenvalue weighted by molar-refractivity contribution is -0.384. The Kier molecular flexibility index (Phi) is 4.72. The lowest BCUT2D eigenvalue weighted by Crippen LogP contribution is -2.34. The Morgan fingerprint density at radius 2 is 2.21 bits per heavy atom. The molecule has 0 bridgehead atoms. The number of carboxylic acid groups (broad SMARTS) is 1. The van der Waals surface area contributed by atoms with Gasteiger partial charge in [0.15, 0.2) is 0 Å². The molecule has 0 aliphatic rings. The van der Waals surface area contributed by atoms with Gasteiger partial charge in [0.25, 0.3) is 5.69 Å². The molecular weight excluding hydrogens is 272 g/mol. The molecule has 0 saturated carbocycles. The number of hydrogen-bond acceptors (Lipinski definition) is 4. The molecule has 1 aromatic carbocycles. The molecule has 0 aliphatic carbocycles. The van der Waals surface area contributed by atoms with Crippen LogP contribution in [-0.4, -0.2) is 22.5 Å². The number of anilines is 1. The lowest BCUT2D eigenvalue weighted by Gasteiger charge is -2.23. The van der Waals surface area contributed by atoms with Crippen molar-refractivity contribution < 1.29 is 14.8 Å². The van der Waals surface area contributed by atoms with Crippen molar-refractivity contribution in [3.05, 3.63) is 33.3 Å². The number of nitro groups is 1. The van der Waals surface area contributed by atoms with Crippen LogP contribution in [0.4, 0.5) is 11.4 Å². The first-order chi connectivity index (χ1) is 8.80. The molecular formula is C12H15ClN2O4. The van der Waals surface area contributed by atoms with Crippen LogP contribution < -0.4 is 5.32 Å². The van der Waals surface area contributed by atoms with E-state index in [0.29, 0.717) is 6.42 Å². The van der Waals surface area contributed by atoms with Gasteiger partial charge in [-0.2, -0.15) is 0 Å². The van der Waals surface area contributed by atoms with Gasteiger partial charge in [0.1, 0.15) is 5.69 Å². The number of halogens is 1. The summed E-state index contributed by atoms with van der Waals surface area (Å²) in [6.07, 6.45) is 0.413. The molecule has 0 fully saturated rings. The number of benzene rings is 1. The van der Waals surface area contributed by atoms with E-state index in [9.17, 15) is 14.9 Å². The van der Waals surface area contributed by atoms with Crippen LogP contribution in [0, 0.1) is 15.5 Å². The van der Waals surface area contributed by atoms with Gasteiger partial charge >= 0.3 is 5.97 Å². The number of carboxylic acids is 1. The molecule has 19 heavy (non-hydrogen) atoms. The fraction of sp³-hybridized carbons (Fsp3) is 0.417. The number of carbonyl (C=O) groups is 1. The monoisotopic (exact) mass is 286 g/mol. The van der Waals surface area contributed by atoms with E-state index < -0.39 is 16.3 Å². The zero-order valence-corrected chi connectivity index (χ0v) is 11.4. The predicted octanol–water partition coefficient (Wildman–Crippen LogP) is 3.16. The Labute approximate surface area is 115 Å². The van der Waals surface area contributed by atoms with Crippen molar-refractivity contribution in [1.29, 1.82) is 0 Å². The number of nitro benzene ring substituents is 1. The van der Waals surface area contributed by atoms with Gasteiger partial charge in [-0.25, -0.2) is 0 Å². The molecule has 0 radical (unpaired) electrons. The van der Waals surface area contributed by atoms with E-state index in [-0.39, 0.29) is 22.9 Å². The molecule has 0 spiro atoms. The van der Waals surface area contributed by atoms with Gasteiger partial charge in [0.2, 0.25) is 0 Å². The normalized spacial score (nSPS) is 13.6. The molecule has 7 heteroatoms. The van der Waals surface area contributed by atoms with Crippen LogP contribution in [0.1, 0.15) is 20.3 Å². The van der Waals surface area contributed by atoms with Crippen LogP contribution in [0.2, 0.25) is 5.02 Å². The van der Waals surface area contributed by atoms with E-state index in [1.54, 1.807) is 13.8 Å². The molecule has 6 nitrogen and oxygen atoms in total. The van der Waals surface area contributed by atoms with Gasteiger partial charge in [-0.3, -0.25) is 14.9 Å². The molecule has 1 unspecified atom stereocenters. The average Bonchev–Trinajstić information content (AvgIpc) is 2.36. The summed E-state index contributed by atoms with van der Waals surface area (Å²) in [7, 11) is 0. The van der Waals surface area contributed by atoms with Crippen molar-refractivity contribution in [3.8, 4) is 0 Å². The Hall–Kier alpha value is -1.82. The highest BCUT2D eigenvalue weighted by atomic mass is 35.5. The standard InChI is InChI=1S/C12H15ClN2O4/c1-3-12(2,11(16)17)7-14-9-5-4-8(13)6-10(9)15(18)19/h4-6,14H,3,7H2,1-2H3,(H,16,17). The van der Waals surface area contributed by atoms with Gasteiger partial charge in [-0.15, -0.1) is 0 Å². The van der Waals surface area contributed by atoms with E-state index in [2.05, 4.69) is 5.32 Å². The topological polar surface area (TPSA) is 92.5 Å². The second-order valence-corrected chi connectivity index (χ2v) is 4.93. The summed E-state index contributed by atoms with van der Waals surface area (Å²) in [5.74, 6) is -0.945. The molecule has 0 aliphatic heterocycles. The van der Waals surface area contributed by atoms with E-state index in [4.69, 9.17) is 16.7 Å². The number of aliphatic carboxylic acids is 1. The Balaban J connectivity index is 2.95. The minimum Gasteiger partial charge on any atom is -0.481 e. The molecule has 0 heterocycles. The van der Waals surface area contributed by atoms with Crippen molar-refractivity contribution in [1.82, 2.24) is 0 Å². The summed E-state index contributed by atoms with van der Waals surface area (Å²) in [4.78, 5) is 21.5. The van der Waals surface area contributed by atoms with Crippen molar-refractivity contribution in [2.45, 2.75) is 20.3 Å². The van der Waals surface area contributed by atoms with Crippen molar-refractivity contribution in [3.63, 3.8) is 0 Å². The second-order valence-electron chi connectivity index (χ2n) is 4.49. The minimum atomic E-state index is -0.979. The molecule has 104 valence electrons.